The maximum absolute atomic E-state index is 12.6. The van der Waals surface area contributed by atoms with Gasteiger partial charge in [-0.2, -0.15) is 4.31 Å². The van der Waals surface area contributed by atoms with Gasteiger partial charge in [0.05, 0.1) is 10.5 Å². The SMILES string of the molecule is CCN(CC(C)(C)O)S(=O)(=O)c1cc(N)ccc1C. The Labute approximate surface area is 115 Å². The molecule has 0 fully saturated rings. The summed E-state index contributed by atoms with van der Waals surface area (Å²) in [6, 6.07) is 4.80. The largest absolute Gasteiger partial charge is 0.399 e. The second kappa shape index (κ2) is 5.48. The minimum absolute atomic E-state index is 0.0417. The van der Waals surface area contributed by atoms with E-state index in [1.165, 1.54) is 10.4 Å². The van der Waals surface area contributed by atoms with Crippen molar-refractivity contribution in [1.29, 1.82) is 0 Å². The average Bonchev–Trinajstić information content (AvgIpc) is 2.27. The van der Waals surface area contributed by atoms with Crippen molar-refractivity contribution in [2.75, 3.05) is 18.8 Å². The molecule has 0 radical (unpaired) electrons. The van der Waals surface area contributed by atoms with Gasteiger partial charge in [0.1, 0.15) is 0 Å². The van der Waals surface area contributed by atoms with Crippen LogP contribution in [-0.2, 0) is 10.0 Å². The molecule has 1 rings (SSSR count). The predicted molar refractivity (Wildman–Crippen MR) is 76.3 cm³/mol. The highest BCUT2D eigenvalue weighted by molar-refractivity contribution is 7.89. The average molecular weight is 286 g/mol. The van der Waals surface area contributed by atoms with Crippen molar-refractivity contribution in [3.05, 3.63) is 23.8 Å². The lowest BCUT2D eigenvalue weighted by atomic mass is 10.1. The molecule has 19 heavy (non-hydrogen) atoms. The molecule has 0 aromatic heterocycles. The Bertz CT molecular complexity index is 547. The molecule has 0 aliphatic heterocycles. The van der Waals surface area contributed by atoms with E-state index >= 15 is 0 Å². The second-order valence-corrected chi connectivity index (χ2v) is 7.17. The number of nitrogens with two attached hydrogens (primary N) is 1. The van der Waals surface area contributed by atoms with Gasteiger partial charge in [-0.15, -0.1) is 0 Å². The quantitative estimate of drug-likeness (QED) is 0.801. The van der Waals surface area contributed by atoms with Gasteiger partial charge in [0.15, 0.2) is 0 Å². The molecule has 1 aromatic carbocycles. The Morgan fingerprint density at radius 1 is 1.37 bits per heavy atom. The molecule has 3 N–H and O–H groups in total. The summed E-state index contributed by atoms with van der Waals surface area (Å²) < 4.78 is 26.4. The van der Waals surface area contributed by atoms with Crippen LogP contribution in [0.5, 0.6) is 0 Å². The molecule has 0 saturated carbocycles. The molecule has 1 aromatic rings. The fraction of sp³-hybridized carbons (Fsp3) is 0.538. The number of hydrogen-bond acceptors (Lipinski definition) is 4. The van der Waals surface area contributed by atoms with Gasteiger partial charge in [-0.25, -0.2) is 8.42 Å². The molecule has 0 aliphatic rings. The van der Waals surface area contributed by atoms with Crippen LogP contribution in [0.1, 0.15) is 26.3 Å². The second-order valence-electron chi connectivity index (χ2n) is 5.27. The fourth-order valence-electron chi connectivity index (χ4n) is 1.83. The zero-order chi connectivity index (χ0) is 14.8. The maximum Gasteiger partial charge on any atom is 0.243 e. The van der Waals surface area contributed by atoms with Crippen LogP contribution in [0.2, 0.25) is 0 Å². The lowest BCUT2D eigenvalue weighted by molar-refractivity contribution is 0.0601. The molecule has 0 spiro atoms. The molecule has 0 amide bonds. The number of nitrogen functional groups attached to an aromatic ring is 1. The van der Waals surface area contributed by atoms with Gasteiger partial charge >= 0.3 is 0 Å². The van der Waals surface area contributed by atoms with Gasteiger partial charge in [0.25, 0.3) is 0 Å². The van der Waals surface area contributed by atoms with Crippen LogP contribution in [0.3, 0.4) is 0 Å². The molecular weight excluding hydrogens is 264 g/mol. The van der Waals surface area contributed by atoms with E-state index in [0.717, 1.165) is 0 Å². The van der Waals surface area contributed by atoms with Crippen LogP contribution in [0, 0.1) is 6.92 Å². The molecule has 0 saturated heterocycles. The van der Waals surface area contributed by atoms with E-state index in [9.17, 15) is 13.5 Å². The molecule has 108 valence electrons. The third kappa shape index (κ3) is 3.92. The van der Waals surface area contributed by atoms with Gasteiger partial charge in [-0.1, -0.05) is 13.0 Å². The third-order valence-electron chi connectivity index (χ3n) is 2.75. The molecule has 0 heterocycles. The summed E-state index contributed by atoms with van der Waals surface area (Å²) in [5, 5.41) is 9.82. The van der Waals surface area contributed by atoms with Crippen LogP contribution in [0.15, 0.2) is 23.1 Å². The summed E-state index contributed by atoms with van der Waals surface area (Å²) in [5.74, 6) is 0. The van der Waals surface area contributed by atoms with E-state index in [0.29, 0.717) is 17.8 Å². The van der Waals surface area contributed by atoms with Crippen molar-refractivity contribution in [2.45, 2.75) is 38.2 Å². The first-order valence-corrected chi connectivity index (χ1v) is 7.60. The highest BCUT2D eigenvalue weighted by atomic mass is 32.2. The fourth-order valence-corrected chi connectivity index (χ4v) is 3.70. The van der Waals surface area contributed by atoms with Gasteiger partial charge in [-0.05, 0) is 38.5 Å². The van der Waals surface area contributed by atoms with Crippen molar-refractivity contribution >= 4 is 15.7 Å². The summed E-state index contributed by atoms with van der Waals surface area (Å²) in [4.78, 5) is 0.193. The highest BCUT2D eigenvalue weighted by Gasteiger charge is 2.29. The van der Waals surface area contributed by atoms with Crippen LogP contribution in [-0.4, -0.2) is 36.5 Å². The number of aryl methyl sites for hydroxylation is 1. The van der Waals surface area contributed by atoms with E-state index in [-0.39, 0.29) is 11.4 Å². The minimum Gasteiger partial charge on any atom is -0.399 e. The third-order valence-corrected chi connectivity index (χ3v) is 4.81. The normalized spacial score (nSPS) is 12.9. The Hall–Kier alpha value is -1.11. The summed E-state index contributed by atoms with van der Waals surface area (Å²) in [5.41, 5.74) is 5.62. The Kier molecular flexibility index (Phi) is 4.60. The van der Waals surface area contributed by atoms with E-state index in [4.69, 9.17) is 5.73 Å². The summed E-state index contributed by atoms with van der Waals surface area (Å²) in [7, 11) is -3.64. The molecule has 0 bridgehead atoms. The number of benzene rings is 1. The molecule has 0 atom stereocenters. The number of anilines is 1. The van der Waals surface area contributed by atoms with E-state index in [2.05, 4.69) is 0 Å². The van der Waals surface area contributed by atoms with Crippen LogP contribution in [0.4, 0.5) is 5.69 Å². The summed E-state index contributed by atoms with van der Waals surface area (Å²) in [6.07, 6.45) is 0. The van der Waals surface area contributed by atoms with Crippen molar-refractivity contribution in [2.24, 2.45) is 0 Å². The van der Waals surface area contributed by atoms with E-state index < -0.39 is 15.6 Å². The number of sulfonamides is 1. The van der Waals surface area contributed by atoms with Crippen molar-refractivity contribution in [3.8, 4) is 0 Å². The lowest BCUT2D eigenvalue weighted by Crippen LogP contribution is -2.42. The Morgan fingerprint density at radius 2 is 1.95 bits per heavy atom. The number of aliphatic hydroxyl groups is 1. The van der Waals surface area contributed by atoms with Crippen molar-refractivity contribution in [3.63, 3.8) is 0 Å². The number of hydrogen-bond donors (Lipinski definition) is 2. The molecule has 5 nitrogen and oxygen atoms in total. The van der Waals surface area contributed by atoms with Crippen LogP contribution in [0.25, 0.3) is 0 Å². The van der Waals surface area contributed by atoms with Gasteiger partial charge < -0.3 is 10.8 Å². The topological polar surface area (TPSA) is 83.6 Å². The Balaban J connectivity index is 3.25. The van der Waals surface area contributed by atoms with Crippen LogP contribution >= 0.6 is 0 Å². The summed E-state index contributed by atoms with van der Waals surface area (Å²) >= 11 is 0. The zero-order valence-electron chi connectivity index (χ0n) is 11.8. The highest BCUT2D eigenvalue weighted by Crippen LogP contribution is 2.23. The Morgan fingerprint density at radius 3 is 2.42 bits per heavy atom. The zero-order valence-corrected chi connectivity index (χ0v) is 12.7. The van der Waals surface area contributed by atoms with Crippen molar-refractivity contribution in [1.82, 2.24) is 4.31 Å². The van der Waals surface area contributed by atoms with Crippen molar-refractivity contribution < 1.29 is 13.5 Å². The molecule has 0 aliphatic carbocycles. The first-order chi connectivity index (χ1) is 8.58. The number of nitrogens with zero attached hydrogens (tertiary/aromatic N) is 1. The van der Waals surface area contributed by atoms with E-state index in [1.807, 2.05) is 0 Å². The van der Waals surface area contributed by atoms with Gasteiger partial charge in [0.2, 0.25) is 10.0 Å². The molecular formula is C13H22N2O3S. The number of rotatable bonds is 5. The van der Waals surface area contributed by atoms with E-state index in [1.54, 1.807) is 39.8 Å². The molecule has 0 unspecified atom stereocenters. The standard InChI is InChI=1S/C13H22N2O3S/c1-5-15(9-13(3,4)16)19(17,18)12-8-11(14)7-6-10(12)2/h6-8,16H,5,9,14H2,1-4H3. The molecule has 6 heteroatoms. The van der Waals surface area contributed by atoms with Crippen LogP contribution < -0.4 is 5.73 Å². The summed E-state index contributed by atoms with van der Waals surface area (Å²) in [6.45, 7) is 6.96. The van der Waals surface area contributed by atoms with Gasteiger partial charge in [-0.3, -0.25) is 0 Å². The minimum atomic E-state index is -3.64. The monoisotopic (exact) mass is 286 g/mol. The lowest BCUT2D eigenvalue weighted by Gasteiger charge is -2.28. The number of likely N-dealkylation sites (N-methyl/N-ethyl adjacent to an activating group) is 1. The predicted octanol–water partition coefficient (Wildman–Crippen LogP) is 1.36. The maximum atomic E-state index is 12.6. The van der Waals surface area contributed by atoms with Gasteiger partial charge in [0, 0.05) is 18.8 Å². The first-order valence-electron chi connectivity index (χ1n) is 6.16. The smallest absolute Gasteiger partial charge is 0.243 e. The first kappa shape index (κ1) is 15.9.